The van der Waals surface area contributed by atoms with Gasteiger partial charge < -0.3 is 14.8 Å². The number of hydrogen-bond donors (Lipinski definition) is 2. The summed E-state index contributed by atoms with van der Waals surface area (Å²) in [4.78, 5) is 24.5. The van der Waals surface area contributed by atoms with Gasteiger partial charge in [0, 0.05) is 6.54 Å². The molecule has 0 bridgehead atoms. The molecule has 0 saturated heterocycles. The highest BCUT2D eigenvalue weighted by Gasteiger charge is 2.33. The van der Waals surface area contributed by atoms with Gasteiger partial charge in [0.25, 0.3) is 0 Å². The number of rotatable bonds is 13. The number of carbonyl (C=O) groups is 2. The molecule has 2 N–H and O–H groups in total. The predicted octanol–water partition coefficient (Wildman–Crippen LogP) is 2.09. The average molecular weight is 338 g/mol. The SMILES string of the molecule is C=CCCN/C(=C/C(C)(NCCC=C)C(=O)OCC)C(=O)OCC. The molecule has 0 aromatic rings. The lowest BCUT2D eigenvalue weighted by Gasteiger charge is -2.26. The fourth-order valence-electron chi connectivity index (χ4n) is 1.89. The lowest BCUT2D eigenvalue weighted by molar-refractivity contribution is -0.148. The summed E-state index contributed by atoms with van der Waals surface area (Å²) in [7, 11) is 0. The minimum absolute atomic E-state index is 0.223. The highest BCUT2D eigenvalue weighted by Crippen LogP contribution is 2.13. The Kier molecular flexibility index (Phi) is 11.3. The Morgan fingerprint density at radius 1 is 1.04 bits per heavy atom. The summed E-state index contributed by atoms with van der Waals surface area (Å²) in [6.07, 6.45) is 6.37. The molecule has 0 aliphatic carbocycles. The molecule has 0 spiro atoms. The minimum atomic E-state index is -1.15. The Hall–Kier alpha value is -2.08. The third-order valence-corrected chi connectivity index (χ3v) is 3.13. The summed E-state index contributed by atoms with van der Waals surface area (Å²) in [5.41, 5.74) is -0.928. The van der Waals surface area contributed by atoms with E-state index in [0.717, 1.165) is 0 Å². The Bertz CT molecular complexity index is 460. The number of hydrogen-bond acceptors (Lipinski definition) is 6. The van der Waals surface area contributed by atoms with Crippen molar-refractivity contribution in [3.05, 3.63) is 37.1 Å². The van der Waals surface area contributed by atoms with Crippen LogP contribution in [0.1, 0.15) is 33.6 Å². The van der Waals surface area contributed by atoms with E-state index >= 15 is 0 Å². The van der Waals surface area contributed by atoms with E-state index in [0.29, 0.717) is 25.9 Å². The highest BCUT2D eigenvalue weighted by atomic mass is 16.5. The summed E-state index contributed by atoms with van der Waals surface area (Å²) in [6, 6.07) is 0. The highest BCUT2D eigenvalue weighted by molar-refractivity contribution is 5.91. The van der Waals surface area contributed by atoms with Crippen molar-refractivity contribution in [3.8, 4) is 0 Å². The van der Waals surface area contributed by atoms with E-state index in [-0.39, 0.29) is 18.9 Å². The first kappa shape index (κ1) is 21.9. The number of ether oxygens (including phenoxy) is 2. The van der Waals surface area contributed by atoms with Crippen LogP contribution < -0.4 is 10.6 Å². The summed E-state index contributed by atoms with van der Waals surface area (Å²) in [5, 5.41) is 6.11. The standard InChI is InChI=1S/C18H30N2O4/c1-6-10-12-19-15(16(21)23-8-3)14-18(5,17(22)24-9-4)20-13-11-7-2/h6-7,14,19-20H,1-2,8-13H2,3-5H3/b15-14+. The molecule has 6 heteroatoms. The van der Waals surface area contributed by atoms with E-state index in [1.54, 1.807) is 32.9 Å². The first-order valence-corrected chi connectivity index (χ1v) is 8.23. The van der Waals surface area contributed by atoms with Crippen LogP contribution in [0.4, 0.5) is 0 Å². The Morgan fingerprint density at radius 3 is 2.17 bits per heavy atom. The largest absolute Gasteiger partial charge is 0.464 e. The van der Waals surface area contributed by atoms with Gasteiger partial charge in [-0.1, -0.05) is 12.2 Å². The van der Waals surface area contributed by atoms with Crippen molar-refractivity contribution in [3.63, 3.8) is 0 Å². The van der Waals surface area contributed by atoms with Crippen molar-refractivity contribution in [2.75, 3.05) is 26.3 Å². The number of esters is 2. The molecule has 0 aliphatic rings. The van der Waals surface area contributed by atoms with Crippen LogP contribution >= 0.6 is 0 Å². The van der Waals surface area contributed by atoms with Crippen LogP contribution in [0, 0.1) is 0 Å². The lowest BCUT2D eigenvalue weighted by atomic mass is 10.00. The van der Waals surface area contributed by atoms with Crippen LogP contribution in [-0.4, -0.2) is 43.8 Å². The van der Waals surface area contributed by atoms with E-state index in [4.69, 9.17) is 9.47 Å². The molecule has 0 aromatic heterocycles. The molecular formula is C18H30N2O4. The molecule has 1 unspecified atom stereocenters. The number of carbonyl (C=O) groups excluding carboxylic acids is 2. The maximum absolute atomic E-state index is 12.4. The summed E-state index contributed by atoms with van der Waals surface area (Å²) < 4.78 is 10.2. The molecule has 0 saturated carbocycles. The molecule has 0 aromatic carbocycles. The summed E-state index contributed by atoms with van der Waals surface area (Å²) >= 11 is 0. The van der Waals surface area contributed by atoms with E-state index in [9.17, 15) is 9.59 Å². The van der Waals surface area contributed by atoms with E-state index in [1.165, 1.54) is 6.08 Å². The van der Waals surface area contributed by atoms with Gasteiger partial charge in [-0.3, -0.25) is 5.32 Å². The fourth-order valence-corrected chi connectivity index (χ4v) is 1.89. The molecule has 0 amide bonds. The second kappa shape index (κ2) is 12.4. The summed E-state index contributed by atoms with van der Waals surface area (Å²) in [5.74, 6) is -0.969. The smallest absolute Gasteiger partial charge is 0.354 e. The van der Waals surface area contributed by atoms with E-state index < -0.39 is 17.5 Å². The van der Waals surface area contributed by atoms with Gasteiger partial charge in [-0.15, -0.1) is 13.2 Å². The number of nitrogens with one attached hydrogen (secondary N) is 2. The second-order valence-electron chi connectivity index (χ2n) is 5.21. The zero-order chi connectivity index (χ0) is 18.4. The molecule has 6 nitrogen and oxygen atoms in total. The van der Waals surface area contributed by atoms with Crippen LogP contribution in [0.3, 0.4) is 0 Å². The average Bonchev–Trinajstić information content (AvgIpc) is 2.55. The van der Waals surface area contributed by atoms with Crippen molar-refractivity contribution in [1.82, 2.24) is 10.6 Å². The summed E-state index contributed by atoms with van der Waals surface area (Å²) in [6.45, 7) is 14.0. The van der Waals surface area contributed by atoms with Crippen molar-refractivity contribution >= 4 is 11.9 Å². The molecule has 24 heavy (non-hydrogen) atoms. The van der Waals surface area contributed by atoms with Crippen LogP contribution in [0.5, 0.6) is 0 Å². The van der Waals surface area contributed by atoms with Crippen molar-refractivity contribution < 1.29 is 19.1 Å². The fraction of sp³-hybridized carbons (Fsp3) is 0.556. The van der Waals surface area contributed by atoms with Crippen LogP contribution in [0.25, 0.3) is 0 Å². The predicted molar refractivity (Wildman–Crippen MR) is 95.4 cm³/mol. The molecule has 0 heterocycles. The van der Waals surface area contributed by atoms with Gasteiger partial charge in [-0.2, -0.15) is 0 Å². The minimum Gasteiger partial charge on any atom is -0.464 e. The van der Waals surface area contributed by atoms with Crippen molar-refractivity contribution in [1.29, 1.82) is 0 Å². The quantitative estimate of drug-likeness (QED) is 0.232. The third-order valence-electron chi connectivity index (χ3n) is 3.13. The normalized spacial score (nSPS) is 13.5. The van der Waals surface area contributed by atoms with Gasteiger partial charge in [0.1, 0.15) is 11.2 Å². The molecular weight excluding hydrogens is 308 g/mol. The van der Waals surface area contributed by atoms with Gasteiger partial charge in [0.05, 0.1) is 13.2 Å². The molecule has 0 radical (unpaired) electrons. The van der Waals surface area contributed by atoms with Gasteiger partial charge in [0.15, 0.2) is 0 Å². The maximum atomic E-state index is 12.4. The topological polar surface area (TPSA) is 76.7 Å². The van der Waals surface area contributed by atoms with Crippen molar-refractivity contribution in [2.45, 2.75) is 39.2 Å². The molecule has 1 atom stereocenters. The zero-order valence-corrected chi connectivity index (χ0v) is 15.0. The molecule has 0 aliphatic heterocycles. The molecule has 0 rings (SSSR count). The van der Waals surface area contributed by atoms with Gasteiger partial charge >= 0.3 is 11.9 Å². The second-order valence-corrected chi connectivity index (χ2v) is 5.21. The van der Waals surface area contributed by atoms with Crippen LogP contribution in [0.2, 0.25) is 0 Å². The van der Waals surface area contributed by atoms with Crippen LogP contribution in [0.15, 0.2) is 37.1 Å². The monoisotopic (exact) mass is 338 g/mol. The van der Waals surface area contributed by atoms with Gasteiger partial charge in [-0.05, 0) is 46.2 Å². The zero-order valence-electron chi connectivity index (χ0n) is 15.0. The van der Waals surface area contributed by atoms with Gasteiger partial charge in [-0.25, -0.2) is 9.59 Å². The van der Waals surface area contributed by atoms with E-state index in [1.807, 2.05) is 0 Å². The lowest BCUT2D eigenvalue weighted by Crippen LogP contribution is -2.50. The maximum Gasteiger partial charge on any atom is 0.354 e. The molecule has 136 valence electrons. The van der Waals surface area contributed by atoms with Crippen LogP contribution in [-0.2, 0) is 19.1 Å². The Labute approximate surface area is 145 Å². The van der Waals surface area contributed by atoms with Gasteiger partial charge in [0.2, 0.25) is 0 Å². The Morgan fingerprint density at radius 2 is 1.62 bits per heavy atom. The Balaban J connectivity index is 5.47. The van der Waals surface area contributed by atoms with E-state index in [2.05, 4.69) is 23.8 Å². The molecule has 0 fully saturated rings. The van der Waals surface area contributed by atoms with Crippen molar-refractivity contribution in [2.24, 2.45) is 0 Å². The first-order chi connectivity index (χ1) is 11.4. The third kappa shape index (κ3) is 7.97. The first-order valence-electron chi connectivity index (χ1n) is 8.23.